The minimum atomic E-state index is -0.252. The van der Waals surface area contributed by atoms with E-state index in [0.29, 0.717) is 24.8 Å². The molecule has 3 heterocycles. The summed E-state index contributed by atoms with van der Waals surface area (Å²) in [6.07, 6.45) is 6.72. The number of anilines is 1. The van der Waals surface area contributed by atoms with Gasteiger partial charge >= 0.3 is 0 Å². The third-order valence-corrected chi connectivity index (χ3v) is 4.41. The SMILES string of the molecule is Fc1cnc(N2CC3CCC(C2)O3)c(CNC2CC2)c1. The number of nitrogens with one attached hydrogen (secondary N) is 1. The molecule has 2 unspecified atom stereocenters. The minimum absolute atomic E-state index is 0.252. The Morgan fingerprint density at radius 3 is 2.70 bits per heavy atom. The second-order valence-electron chi connectivity index (χ2n) is 6.15. The van der Waals surface area contributed by atoms with E-state index in [2.05, 4.69) is 15.2 Å². The lowest BCUT2D eigenvalue weighted by Gasteiger charge is -2.34. The number of halogens is 1. The molecular weight excluding hydrogens is 257 g/mol. The Bertz CT molecular complexity index is 494. The molecule has 3 aliphatic rings. The van der Waals surface area contributed by atoms with Crippen LogP contribution in [0.1, 0.15) is 31.2 Å². The normalized spacial score (nSPS) is 28.9. The van der Waals surface area contributed by atoms with Crippen molar-refractivity contribution in [1.29, 1.82) is 0 Å². The van der Waals surface area contributed by atoms with Crippen molar-refractivity contribution in [2.45, 2.75) is 50.5 Å². The van der Waals surface area contributed by atoms with Crippen molar-refractivity contribution in [3.8, 4) is 0 Å². The number of morpholine rings is 1. The zero-order valence-corrected chi connectivity index (χ0v) is 11.5. The molecule has 1 N–H and O–H groups in total. The van der Waals surface area contributed by atoms with E-state index in [-0.39, 0.29) is 5.82 Å². The Morgan fingerprint density at radius 1 is 1.25 bits per heavy atom. The monoisotopic (exact) mass is 277 g/mol. The third kappa shape index (κ3) is 2.52. The molecule has 0 spiro atoms. The van der Waals surface area contributed by atoms with Gasteiger partial charge in [0.15, 0.2) is 0 Å². The largest absolute Gasteiger partial charge is 0.371 e. The summed E-state index contributed by atoms with van der Waals surface area (Å²) in [7, 11) is 0. The number of fused-ring (bicyclic) bond motifs is 2. The van der Waals surface area contributed by atoms with Gasteiger partial charge in [0, 0.05) is 31.2 Å². The first-order chi connectivity index (χ1) is 9.78. The minimum Gasteiger partial charge on any atom is -0.371 e. The molecule has 1 aromatic heterocycles. The summed E-state index contributed by atoms with van der Waals surface area (Å²) in [6.45, 7) is 2.47. The molecule has 4 rings (SSSR count). The number of hydrogen-bond donors (Lipinski definition) is 1. The summed E-state index contributed by atoms with van der Waals surface area (Å²) in [6, 6.07) is 2.24. The summed E-state index contributed by atoms with van der Waals surface area (Å²) in [5, 5.41) is 3.45. The van der Waals surface area contributed by atoms with Crippen LogP contribution in [-0.4, -0.2) is 36.3 Å². The fraction of sp³-hybridized carbons (Fsp3) is 0.667. The smallest absolute Gasteiger partial charge is 0.141 e. The summed E-state index contributed by atoms with van der Waals surface area (Å²) < 4.78 is 19.3. The molecular formula is C15H20FN3O. The number of nitrogens with zero attached hydrogens (tertiary/aromatic N) is 2. The molecule has 1 aliphatic carbocycles. The number of hydrogen-bond acceptors (Lipinski definition) is 4. The van der Waals surface area contributed by atoms with Crippen LogP contribution in [0.2, 0.25) is 0 Å². The van der Waals surface area contributed by atoms with Gasteiger partial charge in [0.05, 0.1) is 18.4 Å². The van der Waals surface area contributed by atoms with Crippen LogP contribution >= 0.6 is 0 Å². The van der Waals surface area contributed by atoms with E-state index in [1.165, 1.54) is 19.0 Å². The van der Waals surface area contributed by atoms with Gasteiger partial charge < -0.3 is 15.0 Å². The van der Waals surface area contributed by atoms with Gasteiger partial charge in [0.1, 0.15) is 11.6 Å². The zero-order chi connectivity index (χ0) is 13.5. The van der Waals surface area contributed by atoms with Crippen molar-refractivity contribution in [3.05, 3.63) is 23.6 Å². The second kappa shape index (κ2) is 4.97. The summed E-state index contributed by atoms with van der Waals surface area (Å²) >= 11 is 0. The van der Waals surface area contributed by atoms with Crippen LogP contribution in [-0.2, 0) is 11.3 Å². The van der Waals surface area contributed by atoms with Crippen molar-refractivity contribution >= 4 is 5.82 Å². The van der Waals surface area contributed by atoms with Crippen LogP contribution in [0.4, 0.5) is 10.2 Å². The molecule has 2 bridgehead atoms. The van der Waals surface area contributed by atoms with Gasteiger partial charge in [-0.2, -0.15) is 0 Å². The Hall–Kier alpha value is -1.20. The molecule has 4 nitrogen and oxygen atoms in total. The first kappa shape index (κ1) is 12.5. The molecule has 1 aromatic rings. The van der Waals surface area contributed by atoms with Crippen LogP contribution < -0.4 is 10.2 Å². The van der Waals surface area contributed by atoms with Crippen molar-refractivity contribution in [2.24, 2.45) is 0 Å². The van der Waals surface area contributed by atoms with Gasteiger partial charge in [-0.05, 0) is 31.7 Å². The Balaban J connectivity index is 1.55. The van der Waals surface area contributed by atoms with Crippen LogP contribution in [0.25, 0.3) is 0 Å². The van der Waals surface area contributed by atoms with Crippen molar-refractivity contribution in [1.82, 2.24) is 10.3 Å². The van der Waals surface area contributed by atoms with E-state index in [1.807, 2.05) is 0 Å². The van der Waals surface area contributed by atoms with Gasteiger partial charge in [0.2, 0.25) is 0 Å². The van der Waals surface area contributed by atoms with E-state index in [4.69, 9.17) is 4.74 Å². The number of pyridine rings is 1. The standard InChI is InChI=1S/C15H20FN3O/c16-11-5-10(6-17-12-1-2-12)15(18-7-11)19-8-13-3-4-14(9-19)20-13/h5,7,12-14,17H,1-4,6,8-9H2. The Labute approximate surface area is 118 Å². The van der Waals surface area contributed by atoms with Crippen LogP contribution in [0.15, 0.2) is 12.3 Å². The van der Waals surface area contributed by atoms with Crippen LogP contribution in [0.5, 0.6) is 0 Å². The van der Waals surface area contributed by atoms with Crippen molar-refractivity contribution in [2.75, 3.05) is 18.0 Å². The first-order valence-electron chi connectivity index (χ1n) is 7.56. The highest BCUT2D eigenvalue weighted by Gasteiger charge is 2.35. The lowest BCUT2D eigenvalue weighted by Crippen LogP contribution is -2.43. The summed E-state index contributed by atoms with van der Waals surface area (Å²) in [4.78, 5) is 6.63. The zero-order valence-electron chi connectivity index (χ0n) is 11.5. The van der Waals surface area contributed by atoms with E-state index >= 15 is 0 Å². The first-order valence-corrected chi connectivity index (χ1v) is 7.56. The lowest BCUT2D eigenvalue weighted by molar-refractivity contribution is 0.0301. The molecule has 20 heavy (non-hydrogen) atoms. The Morgan fingerprint density at radius 2 is 2.00 bits per heavy atom. The third-order valence-electron chi connectivity index (χ3n) is 4.41. The molecule has 0 aromatic carbocycles. The fourth-order valence-corrected chi connectivity index (χ4v) is 3.22. The van der Waals surface area contributed by atoms with Crippen LogP contribution in [0, 0.1) is 5.82 Å². The molecule has 3 fully saturated rings. The topological polar surface area (TPSA) is 37.4 Å². The predicted molar refractivity (Wildman–Crippen MR) is 74.2 cm³/mol. The summed E-state index contributed by atoms with van der Waals surface area (Å²) in [5.74, 6) is 0.678. The number of aromatic nitrogens is 1. The van der Waals surface area contributed by atoms with Crippen LogP contribution in [0.3, 0.4) is 0 Å². The maximum absolute atomic E-state index is 13.5. The fourth-order valence-electron chi connectivity index (χ4n) is 3.22. The van der Waals surface area contributed by atoms with Crippen molar-refractivity contribution in [3.63, 3.8) is 0 Å². The molecule has 108 valence electrons. The number of rotatable bonds is 4. The molecule has 1 saturated carbocycles. The van der Waals surface area contributed by atoms with Gasteiger partial charge in [0.25, 0.3) is 0 Å². The van der Waals surface area contributed by atoms with E-state index in [0.717, 1.165) is 37.3 Å². The van der Waals surface area contributed by atoms with Crippen molar-refractivity contribution < 1.29 is 9.13 Å². The average Bonchev–Trinajstić information content (AvgIpc) is 3.21. The maximum atomic E-state index is 13.5. The molecule has 0 radical (unpaired) electrons. The van der Waals surface area contributed by atoms with Gasteiger partial charge in [-0.15, -0.1) is 0 Å². The van der Waals surface area contributed by atoms with E-state index in [9.17, 15) is 4.39 Å². The summed E-state index contributed by atoms with van der Waals surface area (Å²) in [5.41, 5.74) is 0.971. The molecule has 2 saturated heterocycles. The highest BCUT2D eigenvalue weighted by Crippen LogP contribution is 2.30. The van der Waals surface area contributed by atoms with E-state index < -0.39 is 0 Å². The number of ether oxygens (including phenoxy) is 1. The van der Waals surface area contributed by atoms with Gasteiger partial charge in [-0.25, -0.2) is 9.37 Å². The molecule has 0 amide bonds. The molecule has 2 atom stereocenters. The maximum Gasteiger partial charge on any atom is 0.141 e. The lowest BCUT2D eigenvalue weighted by atomic mass is 10.2. The average molecular weight is 277 g/mol. The quantitative estimate of drug-likeness (QED) is 0.911. The van der Waals surface area contributed by atoms with Gasteiger partial charge in [-0.3, -0.25) is 0 Å². The predicted octanol–water partition coefficient (Wildman–Crippen LogP) is 1.84. The van der Waals surface area contributed by atoms with Gasteiger partial charge in [-0.1, -0.05) is 0 Å². The molecule has 2 aliphatic heterocycles. The Kier molecular flexibility index (Phi) is 3.11. The molecule has 5 heteroatoms. The highest BCUT2D eigenvalue weighted by molar-refractivity contribution is 5.48. The second-order valence-corrected chi connectivity index (χ2v) is 6.15. The highest BCUT2D eigenvalue weighted by atomic mass is 19.1. The van der Waals surface area contributed by atoms with E-state index in [1.54, 1.807) is 6.07 Å².